The standard InChI is InChI=1S/C21H28N4O/c1-4-17-10-6-7-14-25(17)20(26)19-12-13-22-21(23-19)24(5-2)18-11-8-9-16(3)15-18/h8-9,11-13,15,17H,4-7,10,14H2,1-3H3. The summed E-state index contributed by atoms with van der Waals surface area (Å²) in [4.78, 5) is 26.1. The molecular weight excluding hydrogens is 324 g/mol. The highest BCUT2D eigenvalue weighted by Crippen LogP contribution is 2.24. The SMILES string of the molecule is CCC1CCCCN1C(=O)c1ccnc(N(CC)c2cccc(C)c2)n1. The predicted molar refractivity (Wildman–Crippen MR) is 105 cm³/mol. The lowest BCUT2D eigenvalue weighted by Crippen LogP contribution is -2.43. The fourth-order valence-electron chi connectivity index (χ4n) is 3.67. The van der Waals surface area contributed by atoms with Crippen LogP contribution in [0.1, 0.15) is 55.6 Å². The van der Waals surface area contributed by atoms with Crippen LogP contribution in [-0.4, -0.2) is 39.9 Å². The first kappa shape index (κ1) is 18.4. The lowest BCUT2D eigenvalue weighted by molar-refractivity contribution is 0.0602. The first-order chi connectivity index (χ1) is 12.6. The summed E-state index contributed by atoms with van der Waals surface area (Å²) in [5, 5.41) is 0. The Hall–Kier alpha value is -2.43. The largest absolute Gasteiger partial charge is 0.334 e. The number of likely N-dealkylation sites (tertiary alicyclic amines) is 1. The van der Waals surface area contributed by atoms with Gasteiger partial charge in [0.1, 0.15) is 5.69 Å². The molecule has 0 aliphatic carbocycles. The Balaban J connectivity index is 1.88. The van der Waals surface area contributed by atoms with E-state index >= 15 is 0 Å². The van der Waals surface area contributed by atoms with Gasteiger partial charge in [-0.05, 0) is 63.3 Å². The van der Waals surface area contributed by atoms with Crippen molar-refractivity contribution in [3.8, 4) is 0 Å². The topological polar surface area (TPSA) is 49.3 Å². The van der Waals surface area contributed by atoms with Gasteiger partial charge in [-0.3, -0.25) is 4.79 Å². The Morgan fingerprint density at radius 3 is 2.85 bits per heavy atom. The van der Waals surface area contributed by atoms with Crippen LogP contribution in [0.25, 0.3) is 0 Å². The maximum absolute atomic E-state index is 13.0. The van der Waals surface area contributed by atoms with Gasteiger partial charge in [-0.15, -0.1) is 0 Å². The van der Waals surface area contributed by atoms with Crippen LogP contribution in [-0.2, 0) is 0 Å². The summed E-state index contributed by atoms with van der Waals surface area (Å²) < 4.78 is 0. The van der Waals surface area contributed by atoms with E-state index in [4.69, 9.17) is 0 Å². The molecule has 1 atom stereocenters. The van der Waals surface area contributed by atoms with E-state index in [1.165, 1.54) is 12.0 Å². The van der Waals surface area contributed by atoms with Crippen LogP contribution in [0.15, 0.2) is 36.5 Å². The zero-order valence-corrected chi connectivity index (χ0v) is 16.0. The van der Waals surface area contributed by atoms with Gasteiger partial charge < -0.3 is 9.80 Å². The quantitative estimate of drug-likeness (QED) is 0.803. The van der Waals surface area contributed by atoms with Gasteiger partial charge in [0, 0.05) is 31.0 Å². The van der Waals surface area contributed by atoms with Crippen molar-refractivity contribution in [3.63, 3.8) is 0 Å². The average molecular weight is 352 g/mol. The van der Waals surface area contributed by atoms with Crippen LogP contribution in [0.3, 0.4) is 0 Å². The third-order valence-corrected chi connectivity index (χ3v) is 5.09. The van der Waals surface area contributed by atoms with Crippen molar-refractivity contribution in [2.45, 2.75) is 52.5 Å². The molecule has 1 aliphatic heterocycles. The molecule has 1 fully saturated rings. The fourth-order valence-corrected chi connectivity index (χ4v) is 3.67. The molecule has 5 nitrogen and oxygen atoms in total. The summed E-state index contributed by atoms with van der Waals surface area (Å²) in [5.74, 6) is 0.606. The van der Waals surface area contributed by atoms with Gasteiger partial charge in [-0.2, -0.15) is 0 Å². The van der Waals surface area contributed by atoms with Crippen molar-refractivity contribution >= 4 is 17.5 Å². The average Bonchev–Trinajstić information content (AvgIpc) is 2.68. The van der Waals surface area contributed by atoms with Crippen molar-refractivity contribution in [3.05, 3.63) is 47.8 Å². The Morgan fingerprint density at radius 2 is 2.12 bits per heavy atom. The van der Waals surface area contributed by atoms with Crippen molar-refractivity contribution < 1.29 is 4.79 Å². The van der Waals surface area contributed by atoms with Crippen LogP contribution < -0.4 is 4.90 Å². The van der Waals surface area contributed by atoms with Gasteiger partial charge in [-0.1, -0.05) is 19.1 Å². The smallest absolute Gasteiger partial charge is 0.272 e. The number of hydrogen-bond donors (Lipinski definition) is 0. The third-order valence-electron chi connectivity index (χ3n) is 5.09. The molecule has 2 aromatic rings. The fraction of sp³-hybridized carbons (Fsp3) is 0.476. The Morgan fingerprint density at radius 1 is 1.27 bits per heavy atom. The summed E-state index contributed by atoms with van der Waals surface area (Å²) in [5.41, 5.74) is 2.72. The lowest BCUT2D eigenvalue weighted by atomic mass is 9.99. The van der Waals surface area contributed by atoms with Crippen molar-refractivity contribution in [2.75, 3.05) is 18.0 Å². The molecule has 1 aromatic carbocycles. The molecular formula is C21H28N4O. The highest BCUT2D eigenvalue weighted by Gasteiger charge is 2.27. The molecule has 0 bridgehead atoms. The minimum atomic E-state index is 0.0282. The van der Waals surface area contributed by atoms with E-state index in [-0.39, 0.29) is 5.91 Å². The summed E-state index contributed by atoms with van der Waals surface area (Å²) in [6, 6.07) is 10.3. The number of carbonyl (C=O) groups is 1. The van der Waals surface area contributed by atoms with Crippen LogP contribution in [0.2, 0.25) is 0 Å². The van der Waals surface area contributed by atoms with E-state index in [0.717, 1.165) is 38.0 Å². The Labute approximate surface area is 156 Å². The molecule has 0 N–H and O–H groups in total. The highest BCUT2D eigenvalue weighted by atomic mass is 16.2. The molecule has 1 amide bonds. The van der Waals surface area contributed by atoms with Crippen LogP contribution in [0, 0.1) is 6.92 Å². The molecule has 5 heteroatoms. The lowest BCUT2D eigenvalue weighted by Gasteiger charge is -2.35. The molecule has 26 heavy (non-hydrogen) atoms. The van der Waals surface area contributed by atoms with E-state index in [1.807, 2.05) is 21.9 Å². The van der Waals surface area contributed by atoms with Crippen LogP contribution in [0.4, 0.5) is 11.6 Å². The molecule has 0 saturated carbocycles. The van der Waals surface area contributed by atoms with E-state index in [9.17, 15) is 4.79 Å². The van der Waals surface area contributed by atoms with Crippen molar-refractivity contribution in [1.82, 2.24) is 14.9 Å². The second-order valence-electron chi connectivity index (χ2n) is 6.88. The summed E-state index contributed by atoms with van der Waals surface area (Å²) in [6.07, 6.45) is 6.05. The number of rotatable bonds is 5. The zero-order valence-electron chi connectivity index (χ0n) is 16.0. The summed E-state index contributed by atoms with van der Waals surface area (Å²) >= 11 is 0. The summed E-state index contributed by atoms with van der Waals surface area (Å²) in [7, 11) is 0. The highest BCUT2D eigenvalue weighted by molar-refractivity contribution is 5.92. The monoisotopic (exact) mass is 352 g/mol. The second kappa shape index (κ2) is 8.30. The van der Waals surface area contributed by atoms with E-state index in [2.05, 4.69) is 42.9 Å². The first-order valence-corrected chi connectivity index (χ1v) is 9.62. The zero-order chi connectivity index (χ0) is 18.5. The van der Waals surface area contributed by atoms with Gasteiger partial charge >= 0.3 is 0 Å². The van der Waals surface area contributed by atoms with Gasteiger partial charge in [0.25, 0.3) is 5.91 Å². The van der Waals surface area contributed by atoms with Gasteiger partial charge in [0.2, 0.25) is 5.95 Å². The third kappa shape index (κ3) is 3.87. The molecule has 1 aliphatic rings. The Bertz CT molecular complexity index is 761. The Kier molecular flexibility index (Phi) is 5.86. The molecule has 2 heterocycles. The molecule has 1 saturated heterocycles. The number of hydrogen-bond acceptors (Lipinski definition) is 4. The number of carbonyl (C=O) groups excluding carboxylic acids is 1. The number of nitrogens with zero attached hydrogens (tertiary/aromatic N) is 4. The van der Waals surface area contributed by atoms with E-state index < -0.39 is 0 Å². The second-order valence-corrected chi connectivity index (χ2v) is 6.88. The van der Waals surface area contributed by atoms with Crippen molar-refractivity contribution in [2.24, 2.45) is 0 Å². The predicted octanol–water partition coefficient (Wildman–Crippen LogP) is 4.35. The molecule has 1 unspecified atom stereocenters. The van der Waals surface area contributed by atoms with Crippen LogP contribution in [0.5, 0.6) is 0 Å². The van der Waals surface area contributed by atoms with Gasteiger partial charge in [0.15, 0.2) is 0 Å². The van der Waals surface area contributed by atoms with Gasteiger partial charge in [0.05, 0.1) is 0 Å². The molecule has 3 rings (SSSR count). The van der Waals surface area contributed by atoms with E-state index in [1.54, 1.807) is 12.3 Å². The minimum Gasteiger partial charge on any atom is -0.334 e. The molecule has 1 aromatic heterocycles. The number of benzene rings is 1. The summed E-state index contributed by atoms with van der Waals surface area (Å²) in [6.45, 7) is 7.85. The first-order valence-electron chi connectivity index (χ1n) is 9.62. The molecule has 0 spiro atoms. The maximum Gasteiger partial charge on any atom is 0.272 e. The normalized spacial score (nSPS) is 17.2. The number of aryl methyl sites for hydroxylation is 1. The molecule has 138 valence electrons. The number of piperidine rings is 1. The van der Waals surface area contributed by atoms with Crippen LogP contribution >= 0.6 is 0 Å². The molecule has 0 radical (unpaired) electrons. The maximum atomic E-state index is 13.0. The van der Waals surface area contributed by atoms with Crippen molar-refractivity contribution in [1.29, 1.82) is 0 Å². The number of aromatic nitrogens is 2. The minimum absolute atomic E-state index is 0.0282. The van der Waals surface area contributed by atoms with E-state index in [0.29, 0.717) is 17.7 Å². The number of anilines is 2. The number of amides is 1. The van der Waals surface area contributed by atoms with Gasteiger partial charge in [-0.25, -0.2) is 9.97 Å².